The largest absolute Gasteiger partial charge is 0.380 e. The van der Waals surface area contributed by atoms with Crippen LogP contribution in [0.5, 0.6) is 0 Å². The maximum Gasteiger partial charge on any atom is 0.0430 e. The minimum atomic E-state index is 0.851. The van der Waals surface area contributed by atoms with E-state index in [1.54, 1.807) is 11.3 Å². The lowest BCUT2D eigenvalue weighted by Gasteiger charge is -2.12. The Hall–Kier alpha value is -2.06. The molecule has 3 aromatic rings. The van der Waals surface area contributed by atoms with Crippen molar-refractivity contribution in [3.8, 4) is 10.4 Å². The highest BCUT2D eigenvalue weighted by Crippen LogP contribution is 2.31. The smallest absolute Gasteiger partial charge is 0.0430 e. The van der Waals surface area contributed by atoms with Crippen molar-refractivity contribution >= 4 is 17.0 Å². The van der Waals surface area contributed by atoms with Gasteiger partial charge in [-0.3, -0.25) is 0 Å². The molecule has 0 spiro atoms. The van der Waals surface area contributed by atoms with Crippen LogP contribution in [0.15, 0.2) is 60.0 Å². The Labute approximate surface area is 130 Å². The van der Waals surface area contributed by atoms with Gasteiger partial charge in [-0.1, -0.05) is 42.5 Å². The van der Waals surface area contributed by atoms with Crippen molar-refractivity contribution < 1.29 is 0 Å². The zero-order chi connectivity index (χ0) is 14.7. The first-order chi connectivity index (χ1) is 10.2. The van der Waals surface area contributed by atoms with Gasteiger partial charge >= 0.3 is 0 Å². The zero-order valence-electron chi connectivity index (χ0n) is 12.4. The molecule has 3 rings (SSSR count). The van der Waals surface area contributed by atoms with Crippen LogP contribution in [0.4, 0.5) is 5.69 Å². The molecule has 2 heteroatoms. The van der Waals surface area contributed by atoms with Crippen molar-refractivity contribution in [2.45, 2.75) is 20.4 Å². The minimum Gasteiger partial charge on any atom is -0.380 e. The maximum absolute atomic E-state index is 3.57. The molecule has 2 aromatic carbocycles. The second kappa shape index (κ2) is 6.15. The van der Waals surface area contributed by atoms with Gasteiger partial charge in [0.15, 0.2) is 0 Å². The summed E-state index contributed by atoms with van der Waals surface area (Å²) in [6.07, 6.45) is 0. The third-order valence-corrected chi connectivity index (χ3v) is 4.67. The third kappa shape index (κ3) is 3.17. The number of thiophene rings is 1. The number of nitrogens with one attached hydrogen (secondary N) is 1. The van der Waals surface area contributed by atoms with Gasteiger partial charge in [0, 0.05) is 22.7 Å². The van der Waals surface area contributed by atoms with Gasteiger partial charge in [0.25, 0.3) is 0 Å². The molecule has 0 saturated heterocycles. The first kappa shape index (κ1) is 13.9. The lowest BCUT2D eigenvalue weighted by atomic mass is 10.1. The highest BCUT2D eigenvalue weighted by atomic mass is 32.1. The van der Waals surface area contributed by atoms with Gasteiger partial charge in [0.1, 0.15) is 0 Å². The second-order valence-corrected chi connectivity index (χ2v) is 6.24. The summed E-state index contributed by atoms with van der Waals surface area (Å²) >= 11 is 1.78. The molecule has 0 atom stereocenters. The van der Waals surface area contributed by atoms with Crippen LogP contribution in [-0.4, -0.2) is 0 Å². The van der Waals surface area contributed by atoms with E-state index >= 15 is 0 Å². The summed E-state index contributed by atoms with van der Waals surface area (Å²) in [5.74, 6) is 0. The summed E-state index contributed by atoms with van der Waals surface area (Å²) in [4.78, 5) is 1.30. The number of hydrogen-bond donors (Lipinski definition) is 1. The van der Waals surface area contributed by atoms with E-state index in [2.05, 4.69) is 79.1 Å². The van der Waals surface area contributed by atoms with Crippen LogP contribution in [-0.2, 0) is 6.54 Å². The number of benzene rings is 2. The first-order valence-corrected chi connectivity index (χ1v) is 8.05. The molecule has 21 heavy (non-hydrogen) atoms. The molecular weight excluding hydrogens is 274 g/mol. The SMILES string of the molecule is Cc1ccc(CNc2ccccc2-c2cccs2)cc1C. The fourth-order valence-corrected chi connectivity index (χ4v) is 3.16. The summed E-state index contributed by atoms with van der Waals surface area (Å²) in [7, 11) is 0. The highest BCUT2D eigenvalue weighted by Gasteiger charge is 2.05. The van der Waals surface area contributed by atoms with Gasteiger partial charge in [-0.05, 0) is 48.1 Å². The van der Waals surface area contributed by atoms with Gasteiger partial charge in [-0.25, -0.2) is 0 Å². The Bertz CT molecular complexity index is 729. The molecule has 0 aliphatic rings. The van der Waals surface area contributed by atoms with Crippen molar-refractivity contribution in [1.29, 1.82) is 0 Å². The number of aryl methyl sites for hydroxylation is 2. The van der Waals surface area contributed by atoms with Crippen molar-refractivity contribution in [3.63, 3.8) is 0 Å². The molecule has 0 amide bonds. The van der Waals surface area contributed by atoms with Crippen molar-refractivity contribution in [3.05, 3.63) is 76.7 Å². The maximum atomic E-state index is 3.57. The average molecular weight is 293 g/mol. The summed E-state index contributed by atoms with van der Waals surface area (Å²) in [6.45, 7) is 5.17. The van der Waals surface area contributed by atoms with E-state index in [1.807, 2.05) is 0 Å². The molecule has 1 heterocycles. The Morgan fingerprint density at radius 2 is 1.76 bits per heavy atom. The van der Waals surface area contributed by atoms with Crippen LogP contribution in [0.1, 0.15) is 16.7 Å². The molecule has 0 bridgehead atoms. The van der Waals surface area contributed by atoms with Crippen LogP contribution in [0.2, 0.25) is 0 Å². The highest BCUT2D eigenvalue weighted by molar-refractivity contribution is 7.13. The van der Waals surface area contributed by atoms with E-state index in [4.69, 9.17) is 0 Å². The van der Waals surface area contributed by atoms with Gasteiger partial charge in [0.05, 0.1) is 0 Å². The monoisotopic (exact) mass is 293 g/mol. The summed E-state index contributed by atoms with van der Waals surface area (Å²) in [6, 6.07) is 19.4. The number of hydrogen-bond acceptors (Lipinski definition) is 2. The fourth-order valence-electron chi connectivity index (χ4n) is 2.39. The van der Waals surface area contributed by atoms with E-state index < -0.39 is 0 Å². The van der Waals surface area contributed by atoms with E-state index in [9.17, 15) is 0 Å². The zero-order valence-corrected chi connectivity index (χ0v) is 13.2. The molecule has 1 N–H and O–H groups in total. The van der Waals surface area contributed by atoms with E-state index in [1.165, 1.54) is 32.8 Å². The lowest BCUT2D eigenvalue weighted by Crippen LogP contribution is -2.01. The van der Waals surface area contributed by atoms with Gasteiger partial charge in [0.2, 0.25) is 0 Å². The van der Waals surface area contributed by atoms with Gasteiger partial charge in [-0.2, -0.15) is 0 Å². The molecule has 0 fully saturated rings. The van der Waals surface area contributed by atoms with Crippen LogP contribution < -0.4 is 5.32 Å². The molecule has 0 saturated carbocycles. The number of para-hydroxylation sites is 1. The Kier molecular flexibility index (Phi) is 4.07. The molecule has 0 aliphatic carbocycles. The molecular formula is C19H19NS. The van der Waals surface area contributed by atoms with Crippen LogP contribution >= 0.6 is 11.3 Å². The summed E-state index contributed by atoms with van der Waals surface area (Å²) in [5.41, 5.74) is 6.48. The number of anilines is 1. The molecule has 0 unspecified atom stereocenters. The van der Waals surface area contributed by atoms with Crippen molar-refractivity contribution in [2.75, 3.05) is 5.32 Å². The first-order valence-electron chi connectivity index (χ1n) is 7.17. The van der Waals surface area contributed by atoms with Crippen LogP contribution in [0, 0.1) is 13.8 Å². The van der Waals surface area contributed by atoms with Gasteiger partial charge < -0.3 is 5.32 Å². The quantitative estimate of drug-likeness (QED) is 0.656. The molecule has 1 nitrogen and oxygen atoms in total. The predicted molar refractivity (Wildman–Crippen MR) is 93.0 cm³/mol. The van der Waals surface area contributed by atoms with Crippen molar-refractivity contribution in [1.82, 2.24) is 0 Å². The predicted octanol–water partition coefficient (Wildman–Crippen LogP) is 5.64. The average Bonchev–Trinajstić information content (AvgIpc) is 3.03. The topological polar surface area (TPSA) is 12.0 Å². The Morgan fingerprint density at radius 3 is 2.52 bits per heavy atom. The minimum absolute atomic E-state index is 0.851. The molecule has 1 aromatic heterocycles. The number of rotatable bonds is 4. The normalized spacial score (nSPS) is 10.6. The standard InChI is InChI=1S/C19H19NS/c1-14-9-10-16(12-15(14)2)13-20-18-7-4-3-6-17(18)19-8-5-11-21-19/h3-12,20H,13H2,1-2H3. The van der Waals surface area contributed by atoms with Gasteiger partial charge in [-0.15, -0.1) is 11.3 Å². The molecule has 0 radical (unpaired) electrons. The summed E-state index contributed by atoms with van der Waals surface area (Å²) < 4.78 is 0. The van der Waals surface area contributed by atoms with Crippen LogP contribution in [0.25, 0.3) is 10.4 Å². The third-order valence-electron chi connectivity index (χ3n) is 3.77. The Morgan fingerprint density at radius 1 is 0.905 bits per heavy atom. The van der Waals surface area contributed by atoms with Crippen molar-refractivity contribution in [2.24, 2.45) is 0 Å². The van der Waals surface area contributed by atoms with Crippen LogP contribution in [0.3, 0.4) is 0 Å². The summed E-state index contributed by atoms with van der Waals surface area (Å²) in [5, 5.41) is 5.69. The molecule has 0 aliphatic heterocycles. The second-order valence-electron chi connectivity index (χ2n) is 5.30. The van der Waals surface area contributed by atoms with E-state index in [0.717, 1.165) is 6.54 Å². The fraction of sp³-hybridized carbons (Fsp3) is 0.158. The van der Waals surface area contributed by atoms with E-state index in [-0.39, 0.29) is 0 Å². The molecule has 106 valence electrons. The van der Waals surface area contributed by atoms with E-state index in [0.29, 0.717) is 0 Å². The lowest BCUT2D eigenvalue weighted by molar-refractivity contribution is 1.13. The Balaban J connectivity index is 1.81.